The first-order valence-electron chi connectivity index (χ1n) is 6.10. The summed E-state index contributed by atoms with van der Waals surface area (Å²) >= 11 is 0. The lowest BCUT2D eigenvalue weighted by molar-refractivity contribution is -0.140. The molecule has 0 spiro atoms. The van der Waals surface area contributed by atoms with Gasteiger partial charge in [-0.1, -0.05) is 12.1 Å². The third-order valence-corrected chi connectivity index (χ3v) is 3.47. The fraction of sp³-hybridized carbons (Fsp3) is 0.538. The first kappa shape index (κ1) is 14.3. The molecule has 1 unspecified atom stereocenters. The summed E-state index contributed by atoms with van der Waals surface area (Å²) in [5.74, 6) is -1.30. The van der Waals surface area contributed by atoms with Gasteiger partial charge in [-0.15, -0.1) is 0 Å². The molecule has 106 valence electrons. The number of hydrogen-bond donors (Lipinski definition) is 1. The summed E-state index contributed by atoms with van der Waals surface area (Å²) in [7, 11) is 0. The Balaban J connectivity index is 2.29. The molecule has 1 saturated heterocycles. The molecule has 1 atom stereocenters. The second-order valence-electron chi connectivity index (χ2n) is 4.68. The van der Waals surface area contributed by atoms with Gasteiger partial charge in [0.1, 0.15) is 5.82 Å². The Kier molecular flexibility index (Phi) is 4.10. The fourth-order valence-electron chi connectivity index (χ4n) is 2.36. The predicted octanol–water partition coefficient (Wildman–Crippen LogP) is 3.27. The van der Waals surface area contributed by atoms with Crippen LogP contribution in [0.4, 0.5) is 17.6 Å². The van der Waals surface area contributed by atoms with Gasteiger partial charge in [-0.05, 0) is 24.8 Å². The SMILES string of the molecule is NC(c1cccc(C(F)(F)F)c1F)C1CCOCC1. The Bertz CT molecular complexity index is 441. The number of alkyl halides is 3. The van der Waals surface area contributed by atoms with Crippen LogP contribution in [0.2, 0.25) is 0 Å². The third-order valence-electron chi connectivity index (χ3n) is 3.47. The van der Waals surface area contributed by atoms with Crippen LogP contribution in [-0.2, 0) is 10.9 Å². The first-order valence-corrected chi connectivity index (χ1v) is 6.10. The molecule has 0 radical (unpaired) electrons. The Morgan fingerprint density at radius 3 is 2.42 bits per heavy atom. The molecule has 0 saturated carbocycles. The van der Waals surface area contributed by atoms with Crippen molar-refractivity contribution in [2.75, 3.05) is 13.2 Å². The average Bonchev–Trinajstić information content (AvgIpc) is 2.38. The van der Waals surface area contributed by atoms with Gasteiger partial charge < -0.3 is 10.5 Å². The molecule has 0 aromatic heterocycles. The smallest absolute Gasteiger partial charge is 0.381 e. The number of ether oxygens (including phenoxy) is 1. The largest absolute Gasteiger partial charge is 0.419 e. The summed E-state index contributed by atoms with van der Waals surface area (Å²) in [5, 5.41) is 0. The third kappa shape index (κ3) is 3.06. The number of benzene rings is 1. The quantitative estimate of drug-likeness (QED) is 0.842. The van der Waals surface area contributed by atoms with Gasteiger partial charge in [0, 0.05) is 24.8 Å². The summed E-state index contributed by atoms with van der Waals surface area (Å²) in [6, 6.07) is 2.52. The second kappa shape index (κ2) is 5.46. The van der Waals surface area contributed by atoms with Crippen molar-refractivity contribution in [3.05, 3.63) is 35.1 Å². The molecule has 2 rings (SSSR count). The highest BCUT2D eigenvalue weighted by Crippen LogP contribution is 2.36. The highest BCUT2D eigenvalue weighted by molar-refractivity contribution is 5.30. The Labute approximate surface area is 108 Å². The van der Waals surface area contributed by atoms with E-state index < -0.39 is 23.6 Å². The molecular formula is C13H15F4NO. The number of halogens is 4. The zero-order valence-electron chi connectivity index (χ0n) is 10.2. The van der Waals surface area contributed by atoms with Gasteiger partial charge in [-0.25, -0.2) is 4.39 Å². The van der Waals surface area contributed by atoms with E-state index in [9.17, 15) is 17.6 Å². The minimum Gasteiger partial charge on any atom is -0.381 e. The molecular weight excluding hydrogens is 262 g/mol. The number of rotatable bonds is 2. The molecule has 0 bridgehead atoms. The molecule has 1 heterocycles. The Morgan fingerprint density at radius 1 is 1.21 bits per heavy atom. The average molecular weight is 277 g/mol. The second-order valence-corrected chi connectivity index (χ2v) is 4.68. The van der Waals surface area contributed by atoms with Crippen molar-refractivity contribution in [3.63, 3.8) is 0 Å². The fourth-order valence-corrected chi connectivity index (χ4v) is 2.36. The summed E-state index contributed by atoms with van der Waals surface area (Å²) < 4.78 is 57.0. The van der Waals surface area contributed by atoms with E-state index >= 15 is 0 Å². The minimum atomic E-state index is -4.70. The van der Waals surface area contributed by atoms with E-state index in [1.165, 1.54) is 12.1 Å². The van der Waals surface area contributed by atoms with Gasteiger partial charge in [0.25, 0.3) is 0 Å². The molecule has 1 aromatic rings. The lowest BCUT2D eigenvalue weighted by Crippen LogP contribution is -2.28. The Hall–Kier alpha value is -1.14. The molecule has 6 heteroatoms. The van der Waals surface area contributed by atoms with Crippen molar-refractivity contribution < 1.29 is 22.3 Å². The topological polar surface area (TPSA) is 35.2 Å². The van der Waals surface area contributed by atoms with E-state index in [0.717, 1.165) is 6.07 Å². The number of hydrogen-bond acceptors (Lipinski definition) is 2. The molecule has 1 aliphatic rings. The van der Waals surface area contributed by atoms with Gasteiger partial charge in [-0.3, -0.25) is 0 Å². The highest BCUT2D eigenvalue weighted by atomic mass is 19.4. The maximum absolute atomic E-state index is 13.9. The van der Waals surface area contributed by atoms with Crippen molar-refractivity contribution in [1.29, 1.82) is 0 Å². The minimum absolute atomic E-state index is 0.0493. The zero-order valence-corrected chi connectivity index (χ0v) is 10.2. The van der Waals surface area contributed by atoms with E-state index in [-0.39, 0.29) is 11.5 Å². The lowest BCUT2D eigenvalue weighted by atomic mass is 9.87. The van der Waals surface area contributed by atoms with Crippen LogP contribution in [0.3, 0.4) is 0 Å². The van der Waals surface area contributed by atoms with Crippen LogP contribution < -0.4 is 5.73 Å². The summed E-state index contributed by atoms with van der Waals surface area (Å²) in [5.41, 5.74) is 4.60. The standard InChI is InChI=1S/C13H15F4NO/c14-11-9(2-1-3-10(11)13(15,16)17)12(18)8-4-6-19-7-5-8/h1-3,8,12H,4-7,18H2. The van der Waals surface area contributed by atoms with Crippen LogP contribution in [0.5, 0.6) is 0 Å². The lowest BCUT2D eigenvalue weighted by Gasteiger charge is -2.28. The normalized spacial score (nSPS) is 19.4. The molecule has 2 nitrogen and oxygen atoms in total. The van der Waals surface area contributed by atoms with Crippen molar-refractivity contribution in [2.45, 2.75) is 25.1 Å². The zero-order chi connectivity index (χ0) is 14.0. The van der Waals surface area contributed by atoms with Gasteiger partial charge in [0.15, 0.2) is 0 Å². The molecule has 19 heavy (non-hydrogen) atoms. The van der Waals surface area contributed by atoms with Gasteiger partial charge in [0.05, 0.1) is 5.56 Å². The van der Waals surface area contributed by atoms with Crippen LogP contribution in [0.15, 0.2) is 18.2 Å². The van der Waals surface area contributed by atoms with E-state index in [4.69, 9.17) is 10.5 Å². The highest BCUT2D eigenvalue weighted by Gasteiger charge is 2.36. The molecule has 2 N–H and O–H groups in total. The van der Waals surface area contributed by atoms with E-state index in [1.807, 2.05) is 0 Å². The summed E-state index contributed by atoms with van der Waals surface area (Å²) in [4.78, 5) is 0. The monoisotopic (exact) mass is 277 g/mol. The van der Waals surface area contributed by atoms with E-state index in [0.29, 0.717) is 26.1 Å². The molecule has 1 aromatic carbocycles. The number of nitrogens with two attached hydrogens (primary N) is 1. The van der Waals surface area contributed by atoms with Crippen LogP contribution in [0, 0.1) is 11.7 Å². The summed E-state index contributed by atoms with van der Waals surface area (Å²) in [6.07, 6.45) is -3.43. The van der Waals surface area contributed by atoms with Gasteiger partial charge >= 0.3 is 6.18 Å². The van der Waals surface area contributed by atoms with Crippen molar-refractivity contribution in [1.82, 2.24) is 0 Å². The van der Waals surface area contributed by atoms with Gasteiger partial charge in [0.2, 0.25) is 0 Å². The van der Waals surface area contributed by atoms with Crippen molar-refractivity contribution in [3.8, 4) is 0 Å². The first-order chi connectivity index (χ1) is 8.91. The van der Waals surface area contributed by atoms with E-state index in [2.05, 4.69) is 0 Å². The molecule has 1 fully saturated rings. The molecule has 0 aliphatic carbocycles. The van der Waals surface area contributed by atoms with E-state index in [1.54, 1.807) is 0 Å². The van der Waals surface area contributed by atoms with Crippen LogP contribution in [0.1, 0.15) is 30.0 Å². The predicted molar refractivity (Wildman–Crippen MR) is 61.9 cm³/mol. The Morgan fingerprint density at radius 2 is 1.84 bits per heavy atom. The van der Waals surface area contributed by atoms with Gasteiger partial charge in [-0.2, -0.15) is 13.2 Å². The summed E-state index contributed by atoms with van der Waals surface area (Å²) in [6.45, 7) is 1.03. The van der Waals surface area contributed by atoms with Crippen LogP contribution in [0.25, 0.3) is 0 Å². The molecule has 1 aliphatic heterocycles. The van der Waals surface area contributed by atoms with Crippen molar-refractivity contribution >= 4 is 0 Å². The van der Waals surface area contributed by atoms with Crippen LogP contribution in [-0.4, -0.2) is 13.2 Å². The van der Waals surface area contributed by atoms with Crippen molar-refractivity contribution in [2.24, 2.45) is 11.7 Å². The molecule has 0 amide bonds. The van der Waals surface area contributed by atoms with Crippen LogP contribution >= 0.6 is 0 Å². The maximum atomic E-state index is 13.9. The maximum Gasteiger partial charge on any atom is 0.419 e.